The Labute approximate surface area is 186 Å². The van der Waals surface area contributed by atoms with Gasteiger partial charge in [-0.3, -0.25) is 9.59 Å². The second kappa shape index (κ2) is 8.13. The molecule has 0 radical (unpaired) electrons. The lowest BCUT2D eigenvalue weighted by atomic mass is 9.88. The maximum atomic E-state index is 13.4. The summed E-state index contributed by atoms with van der Waals surface area (Å²) in [4.78, 5) is 28.1. The number of hydrogen-bond donors (Lipinski definition) is 1. The third-order valence-corrected chi connectivity index (χ3v) is 5.99. The van der Waals surface area contributed by atoms with Crippen molar-refractivity contribution in [2.75, 3.05) is 24.7 Å². The van der Waals surface area contributed by atoms with Crippen molar-refractivity contribution in [1.82, 2.24) is 0 Å². The predicted octanol–water partition coefficient (Wildman–Crippen LogP) is 3.51. The van der Waals surface area contributed by atoms with Gasteiger partial charge in [0.1, 0.15) is 13.2 Å². The van der Waals surface area contributed by atoms with E-state index >= 15 is 0 Å². The highest BCUT2D eigenvalue weighted by Crippen LogP contribution is 2.43. The van der Waals surface area contributed by atoms with E-state index in [4.69, 9.17) is 9.47 Å². The third-order valence-electron chi connectivity index (χ3n) is 5.99. The van der Waals surface area contributed by atoms with Crippen LogP contribution in [0.3, 0.4) is 0 Å². The van der Waals surface area contributed by atoms with Crippen molar-refractivity contribution in [2.45, 2.75) is 18.4 Å². The highest BCUT2D eigenvalue weighted by atomic mass is 16.6. The van der Waals surface area contributed by atoms with E-state index in [1.165, 1.54) is 0 Å². The van der Waals surface area contributed by atoms with Crippen LogP contribution in [0.2, 0.25) is 0 Å². The van der Waals surface area contributed by atoms with Crippen LogP contribution in [-0.2, 0) is 16.8 Å². The highest BCUT2D eigenvalue weighted by molar-refractivity contribution is 6.10. The summed E-state index contributed by atoms with van der Waals surface area (Å²) in [5.41, 5.74) is 0.670. The molecule has 1 N–H and O–H groups in total. The largest absolute Gasteiger partial charge is 0.486 e. The van der Waals surface area contributed by atoms with Crippen molar-refractivity contribution < 1.29 is 24.2 Å². The quantitative estimate of drug-likeness (QED) is 0.607. The minimum Gasteiger partial charge on any atom is -0.486 e. The zero-order chi connectivity index (χ0) is 22.1. The molecule has 0 unspecified atom stereocenters. The summed E-state index contributed by atoms with van der Waals surface area (Å²) in [6, 6.07) is 21.9. The molecule has 2 aliphatic heterocycles. The van der Waals surface area contributed by atoms with Gasteiger partial charge in [0.2, 0.25) is 0 Å². The Bertz CT molecular complexity index is 1180. The number of para-hydroxylation sites is 1. The molecule has 6 nitrogen and oxygen atoms in total. The number of anilines is 1. The van der Waals surface area contributed by atoms with E-state index in [0.717, 1.165) is 5.56 Å². The number of benzene rings is 3. The first-order chi connectivity index (χ1) is 15.6. The van der Waals surface area contributed by atoms with Gasteiger partial charge >= 0.3 is 0 Å². The molecule has 6 heteroatoms. The molecule has 0 saturated heterocycles. The van der Waals surface area contributed by atoms with Crippen molar-refractivity contribution in [2.24, 2.45) is 0 Å². The Hall–Kier alpha value is -3.64. The molecule has 3 aromatic carbocycles. The molecule has 0 saturated carbocycles. The van der Waals surface area contributed by atoms with E-state index in [1.54, 1.807) is 35.2 Å². The second-order valence-corrected chi connectivity index (χ2v) is 8.03. The van der Waals surface area contributed by atoms with Crippen molar-refractivity contribution in [3.63, 3.8) is 0 Å². The normalized spacial score (nSPS) is 19.0. The summed E-state index contributed by atoms with van der Waals surface area (Å²) in [5.74, 6) is 0.274. The van der Waals surface area contributed by atoms with E-state index in [-0.39, 0.29) is 12.2 Å². The molecule has 3 aromatic rings. The zero-order valence-electron chi connectivity index (χ0n) is 17.5. The van der Waals surface area contributed by atoms with Gasteiger partial charge in [-0.25, -0.2) is 0 Å². The van der Waals surface area contributed by atoms with Crippen LogP contribution in [0.25, 0.3) is 0 Å². The van der Waals surface area contributed by atoms with E-state index in [9.17, 15) is 14.7 Å². The number of carbonyl (C=O) groups is 2. The lowest BCUT2D eigenvalue weighted by Gasteiger charge is -2.23. The predicted molar refractivity (Wildman–Crippen MR) is 119 cm³/mol. The summed E-state index contributed by atoms with van der Waals surface area (Å²) >= 11 is 0. The summed E-state index contributed by atoms with van der Waals surface area (Å²) < 4.78 is 11.1. The molecule has 0 spiro atoms. The van der Waals surface area contributed by atoms with Gasteiger partial charge in [-0.2, -0.15) is 0 Å². The number of ether oxygens (including phenoxy) is 2. The Balaban J connectivity index is 1.40. The lowest BCUT2D eigenvalue weighted by molar-refractivity contribution is -0.135. The van der Waals surface area contributed by atoms with Gasteiger partial charge in [-0.15, -0.1) is 0 Å². The molecular formula is C26H23NO5. The first kappa shape index (κ1) is 20.3. The van der Waals surface area contributed by atoms with Crippen LogP contribution in [0.4, 0.5) is 5.69 Å². The van der Waals surface area contributed by atoms with Gasteiger partial charge in [-0.05, 0) is 36.2 Å². The van der Waals surface area contributed by atoms with Crippen LogP contribution in [0.15, 0.2) is 72.8 Å². The first-order valence-electron chi connectivity index (χ1n) is 10.7. The van der Waals surface area contributed by atoms with Crippen LogP contribution >= 0.6 is 0 Å². The highest BCUT2D eigenvalue weighted by Gasteiger charge is 2.50. The van der Waals surface area contributed by atoms with Crippen LogP contribution in [0, 0.1) is 0 Å². The summed E-state index contributed by atoms with van der Waals surface area (Å²) in [6.45, 7) is 1.29. The fourth-order valence-corrected chi connectivity index (χ4v) is 4.34. The topological polar surface area (TPSA) is 76.1 Å². The molecule has 1 amide bonds. The Morgan fingerprint density at radius 2 is 1.66 bits per heavy atom. The number of aliphatic hydroxyl groups is 1. The van der Waals surface area contributed by atoms with Gasteiger partial charge in [0.25, 0.3) is 5.91 Å². The van der Waals surface area contributed by atoms with Gasteiger partial charge in [0.15, 0.2) is 22.9 Å². The fraction of sp³-hybridized carbons (Fsp3) is 0.231. The average molecular weight is 429 g/mol. The number of fused-ring (bicyclic) bond motifs is 2. The molecular weight excluding hydrogens is 406 g/mol. The molecule has 0 fully saturated rings. The smallest absolute Gasteiger partial charge is 0.264 e. The number of ketones is 1. The first-order valence-corrected chi connectivity index (χ1v) is 10.7. The standard InChI is InChI=1S/C26H23NO5/c28-22(19-10-11-23-24(16-19)32-15-14-31-23)17-26(30)20-8-4-5-9-21(20)27(25(26)29)13-12-18-6-2-1-3-7-18/h1-11,16,30H,12-15,17H2/t26-/m1/s1. The Morgan fingerprint density at radius 3 is 2.47 bits per heavy atom. The molecule has 0 bridgehead atoms. The van der Waals surface area contributed by atoms with E-state index in [2.05, 4.69) is 0 Å². The van der Waals surface area contributed by atoms with Crippen LogP contribution in [0.1, 0.15) is 27.9 Å². The zero-order valence-corrected chi connectivity index (χ0v) is 17.5. The maximum Gasteiger partial charge on any atom is 0.264 e. The second-order valence-electron chi connectivity index (χ2n) is 8.03. The Morgan fingerprint density at radius 1 is 0.938 bits per heavy atom. The van der Waals surface area contributed by atoms with Crippen LogP contribution in [0.5, 0.6) is 11.5 Å². The number of hydrogen-bond acceptors (Lipinski definition) is 5. The van der Waals surface area contributed by atoms with E-state index < -0.39 is 11.5 Å². The lowest BCUT2D eigenvalue weighted by Crippen LogP contribution is -2.42. The molecule has 5 rings (SSSR count). The number of Topliss-reactive ketones (excluding diaryl/α,β-unsaturated/α-hetero) is 1. The van der Waals surface area contributed by atoms with Crippen LogP contribution in [-0.4, -0.2) is 36.6 Å². The fourth-order valence-electron chi connectivity index (χ4n) is 4.34. The van der Waals surface area contributed by atoms with Gasteiger partial charge in [0, 0.05) is 17.7 Å². The van der Waals surface area contributed by atoms with Gasteiger partial charge in [0.05, 0.1) is 12.1 Å². The SMILES string of the molecule is O=C(C[C@]1(O)C(=O)N(CCc2ccccc2)c2ccccc21)c1ccc2c(c1)OCCO2. The monoisotopic (exact) mass is 429 g/mol. The molecule has 0 aliphatic carbocycles. The molecule has 0 aromatic heterocycles. The minimum atomic E-state index is -1.91. The third kappa shape index (κ3) is 3.52. The van der Waals surface area contributed by atoms with Gasteiger partial charge in [-0.1, -0.05) is 48.5 Å². The van der Waals surface area contributed by atoms with Crippen molar-refractivity contribution in [3.05, 3.63) is 89.5 Å². The van der Waals surface area contributed by atoms with E-state index in [1.807, 2.05) is 42.5 Å². The molecule has 2 aliphatic rings. The number of amides is 1. The summed E-state index contributed by atoms with van der Waals surface area (Å²) in [7, 11) is 0. The molecule has 2 heterocycles. The molecule has 32 heavy (non-hydrogen) atoms. The number of nitrogens with zero attached hydrogens (tertiary/aromatic N) is 1. The maximum absolute atomic E-state index is 13.4. The Kier molecular flexibility index (Phi) is 5.15. The summed E-state index contributed by atoms with van der Waals surface area (Å²) in [6.07, 6.45) is 0.303. The number of carbonyl (C=O) groups excluding carboxylic acids is 2. The minimum absolute atomic E-state index is 0.336. The van der Waals surface area contributed by atoms with Crippen molar-refractivity contribution in [3.8, 4) is 11.5 Å². The average Bonchev–Trinajstić information content (AvgIpc) is 3.04. The molecule has 162 valence electrons. The van der Waals surface area contributed by atoms with Crippen molar-refractivity contribution in [1.29, 1.82) is 0 Å². The van der Waals surface area contributed by atoms with Crippen molar-refractivity contribution >= 4 is 17.4 Å². The van der Waals surface area contributed by atoms with Crippen LogP contribution < -0.4 is 14.4 Å². The van der Waals surface area contributed by atoms with E-state index in [0.29, 0.717) is 54.5 Å². The molecule has 1 atom stereocenters. The summed E-state index contributed by atoms with van der Waals surface area (Å²) in [5, 5.41) is 11.5. The number of rotatable bonds is 6. The van der Waals surface area contributed by atoms with Gasteiger partial charge < -0.3 is 19.5 Å².